The van der Waals surface area contributed by atoms with Crippen LogP contribution in [0.15, 0.2) is 69.6 Å². The third-order valence-corrected chi connectivity index (χ3v) is 9.41. The monoisotopic (exact) mass is 572 g/mol. The molecule has 5 heterocycles. The summed E-state index contributed by atoms with van der Waals surface area (Å²) in [5, 5.41) is 22.2. The molecule has 10 heteroatoms. The summed E-state index contributed by atoms with van der Waals surface area (Å²) >= 11 is 1.54. The maximum atomic E-state index is 13.7. The second kappa shape index (κ2) is 11.9. The number of hydrogen-bond donors (Lipinski definition) is 2. The number of aliphatic hydroxyl groups excluding tert-OH is 1. The van der Waals surface area contributed by atoms with E-state index >= 15 is 0 Å². The van der Waals surface area contributed by atoms with Crippen LogP contribution in [0.1, 0.15) is 54.7 Å². The third-order valence-electron chi connectivity index (χ3n) is 8.54. The van der Waals surface area contributed by atoms with Gasteiger partial charge in [0.05, 0.1) is 30.2 Å². The molecule has 0 spiro atoms. The number of aromatic nitrogens is 1. The largest absolute Gasteiger partial charge is 0.459 e. The van der Waals surface area contributed by atoms with Crippen molar-refractivity contribution in [1.82, 2.24) is 9.88 Å². The number of rotatable bonds is 9. The Hall–Kier alpha value is -3.31. The zero-order valence-corrected chi connectivity index (χ0v) is 23.8. The summed E-state index contributed by atoms with van der Waals surface area (Å²) in [5.41, 5.74) is 3.98. The summed E-state index contributed by atoms with van der Waals surface area (Å²) in [5.74, 6) is -0.228. The molecule has 4 atom stereocenters. The van der Waals surface area contributed by atoms with E-state index in [1.165, 1.54) is 4.90 Å². The van der Waals surface area contributed by atoms with Gasteiger partial charge in [-0.25, -0.2) is 0 Å². The van der Waals surface area contributed by atoms with Crippen LogP contribution in [0.3, 0.4) is 0 Å². The smallest absolute Gasteiger partial charge is 0.455 e. The van der Waals surface area contributed by atoms with Gasteiger partial charge >= 0.3 is 7.12 Å². The molecule has 3 aromatic heterocycles. The highest BCUT2D eigenvalue weighted by Gasteiger charge is 2.57. The van der Waals surface area contributed by atoms with Crippen LogP contribution in [0.2, 0.25) is 6.32 Å². The predicted octanol–water partition coefficient (Wildman–Crippen LogP) is 4.96. The standard InChI is InChI=1S/C31H33BN2O6S/c1-2-19-15-24-29(31(37)34(30(24)36)17-23-6-5-13-41-23)25-16-32(38)40-27(28(19)25)11-8-20(26-7-3-4-12-33-26)14-21-9-10-22(18-35)39-21/h3-7,9-10,12-14,24-25,27,29,35,38H,2,8,11,15-18H2,1H3/b20-14-/t24-,25+,27-,29-/m1/s1. The first-order valence-electron chi connectivity index (χ1n) is 14.2. The van der Waals surface area contributed by atoms with Gasteiger partial charge in [-0.2, -0.15) is 0 Å². The average Bonchev–Trinajstić information content (AvgIpc) is 3.73. The normalized spacial score (nSPS) is 24.7. The number of nitrogens with zero attached hydrogens (tertiary/aromatic N) is 2. The van der Waals surface area contributed by atoms with Crippen LogP contribution in [0, 0.1) is 17.8 Å². The average molecular weight is 572 g/mol. The Bertz CT molecular complexity index is 1470. The summed E-state index contributed by atoms with van der Waals surface area (Å²) < 4.78 is 11.9. The second-order valence-corrected chi connectivity index (χ2v) is 11.9. The van der Waals surface area contributed by atoms with E-state index in [1.807, 2.05) is 47.9 Å². The van der Waals surface area contributed by atoms with Crippen molar-refractivity contribution >= 4 is 41.9 Å². The van der Waals surface area contributed by atoms with E-state index in [4.69, 9.17) is 9.07 Å². The van der Waals surface area contributed by atoms with Crippen molar-refractivity contribution in [1.29, 1.82) is 0 Å². The lowest BCUT2D eigenvalue weighted by molar-refractivity contribution is -0.140. The Labute approximate surface area is 243 Å². The molecule has 3 aromatic rings. The van der Waals surface area contributed by atoms with Gasteiger partial charge < -0.3 is 19.2 Å². The van der Waals surface area contributed by atoms with E-state index < -0.39 is 13.0 Å². The fourth-order valence-electron chi connectivity index (χ4n) is 6.72. The molecular weight excluding hydrogens is 539 g/mol. The molecule has 1 aliphatic carbocycles. The van der Waals surface area contributed by atoms with Crippen molar-refractivity contribution in [3.63, 3.8) is 0 Å². The molecule has 2 amide bonds. The van der Waals surface area contributed by atoms with Crippen molar-refractivity contribution in [2.75, 3.05) is 0 Å². The maximum absolute atomic E-state index is 13.7. The summed E-state index contributed by atoms with van der Waals surface area (Å²) in [6.07, 6.45) is 6.05. The minimum absolute atomic E-state index is 0.100. The van der Waals surface area contributed by atoms with Gasteiger partial charge in [0.1, 0.15) is 18.1 Å². The van der Waals surface area contributed by atoms with Gasteiger partial charge in [0, 0.05) is 11.1 Å². The van der Waals surface area contributed by atoms with Gasteiger partial charge in [0.2, 0.25) is 11.8 Å². The fraction of sp³-hybridized carbons (Fsp3) is 0.387. The number of likely N-dealkylation sites (tertiary alicyclic amines) is 1. The minimum Gasteiger partial charge on any atom is -0.459 e. The van der Waals surface area contributed by atoms with Gasteiger partial charge in [0.25, 0.3) is 0 Å². The fourth-order valence-corrected chi connectivity index (χ4v) is 7.42. The maximum Gasteiger partial charge on any atom is 0.455 e. The summed E-state index contributed by atoms with van der Waals surface area (Å²) in [4.78, 5) is 34.2. The summed E-state index contributed by atoms with van der Waals surface area (Å²) in [6, 6.07) is 13.2. The molecule has 212 valence electrons. The van der Waals surface area contributed by atoms with E-state index in [1.54, 1.807) is 23.6 Å². The van der Waals surface area contributed by atoms with Gasteiger partial charge in [0.15, 0.2) is 0 Å². The number of carbonyl (C=O) groups excluding carboxylic acids is 2. The topological polar surface area (TPSA) is 113 Å². The predicted molar refractivity (Wildman–Crippen MR) is 156 cm³/mol. The molecule has 8 nitrogen and oxygen atoms in total. The van der Waals surface area contributed by atoms with Crippen LogP contribution in [0.5, 0.6) is 0 Å². The van der Waals surface area contributed by atoms with Gasteiger partial charge in [-0.3, -0.25) is 19.5 Å². The van der Waals surface area contributed by atoms with Gasteiger partial charge in [-0.1, -0.05) is 24.6 Å². The molecule has 0 unspecified atom stereocenters. The number of aliphatic hydroxyl groups is 1. The number of imide groups is 1. The number of thiophene rings is 1. The van der Waals surface area contributed by atoms with Crippen molar-refractivity contribution in [3.8, 4) is 0 Å². The van der Waals surface area contributed by atoms with E-state index in [0.717, 1.165) is 33.7 Å². The molecule has 2 saturated heterocycles. The second-order valence-electron chi connectivity index (χ2n) is 10.9. The molecule has 3 aliphatic rings. The number of pyridine rings is 1. The number of allylic oxidation sites excluding steroid dienone is 2. The van der Waals surface area contributed by atoms with Crippen LogP contribution in [0.4, 0.5) is 0 Å². The molecule has 2 fully saturated rings. The van der Waals surface area contributed by atoms with Crippen LogP contribution in [-0.4, -0.2) is 45.1 Å². The molecule has 2 aliphatic heterocycles. The van der Waals surface area contributed by atoms with E-state index in [-0.39, 0.29) is 36.4 Å². The van der Waals surface area contributed by atoms with Gasteiger partial charge in [-0.15, -0.1) is 11.3 Å². The Balaban J connectivity index is 1.28. The Morgan fingerprint density at radius 2 is 2.05 bits per heavy atom. The van der Waals surface area contributed by atoms with Gasteiger partial charge in [-0.05, 0) is 90.9 Å². The first-order chi connectivity index (χ1) is 20.0. The molecule has 0 aromatic carbocycles. The summed E-state index contributed by atoms with van der Waals surface area (Å²) in [7, 11) is -1.01. The minimum atomic E-state index is -1.01. The number of carbonyl (C=O) groups is 2. The quantitative estimate of drug-likeness (QED) is 0.212. The van der Waals surface area contributed by atoms with Crippen LogP contribution >= 0.6 is 11.3 Å². The SMILES string of the molecule is CCC1=C2[C@@H](CC/C(=C/c3ccc(CO)o3)c3ccccn3)OB(O)C[C@@H]2[C@@H]2C(=O)N(Cc3cccs3)C(=O)[C@@H]2C1. The highest BCUT2D eigenvalue weighted by molar-refractivity contribution is 7.09. The van der Waals surface area contributed by atoms with E-state index in [2.05, 4.69) is 11.9 Å². The summed E-state index contributed by atoms with van der Waals surface area (Å²) in [6.45, 7) is 2.21. The van der Waals surface area contributed by atoms with Crippen molar-refractivity contribution in [2.24, 2.45) is 17.8 Å². The molecule has 6 rings (SSSR count). The Morgan fingerprint density at radius 3 is 2.76 bits per heavy atom. The first-order valence-corrected chi connectivity index (χ1v) is 15.1. The molecule has 41 heavy (non-hydrogen) atoms. The lowest BCUT2D eigenvalue weighted by Crippen LogP contribution is -2.46. The molecule has 0 radical (unpaired) electrons. The third kappa shape index (κ3) is 5.49. The molecule has 2 N–H and O–H groups in total. The van der Waals surface area contributed by atoms with Crippen molar-refractivity contribution in [3.05, 3.63) is 87.3 Å². The van der Waals surface area contributed by atoms with Crippen LogP contribution < -0.4 is 0 Å². The lowest BCUT2D eigenvalue weighted by atomic mass is 9.58. The molecular formula is C31H33BN2O6S. The van der Waals surface area contributed by atoms with Crippen molar-refractivity contribution < 1.29 is 28.8 Å². The van der Waals surface area contributed by atoms with Crippen LogP contribution in [0.25, 0.3) is 11.6 Å². The highest BCUT2D eigenvalue weighted by Crippen LogP contribution is 2.51. The van der Waals surface area contributed by atoms with E-state index in [9.17, 15) is 19.7 Å². The number of furan rings is 1. The van der Waals surface area contributed by atoms with Crippen LogP contribution in [-0.2, 0) is 27.4 Å². The Kier molecular flexibility index (Phi) is 8.08. The number of fused-ring (bicyclic) bond motifs is 3. The molecule has 0 bridgehead atoms. The van der Waals surface area contributed by atoms with Crippen molar-refractivity contribution in [2.45, 2.75) is 58.2 Å². The zero-order valence-electron chi connectivity index (χ0n) is 22.9. The first kappa shape index (κ1) is 27.8. The molecule has 0 saturated carbocycles. The number of hydrogen-bond acceptors (Lipinski definition) is 8. The number of amides is 2. The lowest BCUT2D eigenvalue weighted by Gasteiger charge is -2.43. The highest BCUT2D eigenvalue weighted by atomic mass is 32.1. The van der Waals surface area contributed by atoms with E-state index in [0.29, 0.717) is 43.6 Å². The Morgan fingerprint density at radius 1 is 1.17 bits per heavy atom. The zero-order chi connectivity index (χ0) is 28.5.